The van der Waals surface area contributed by atoms with Gasteiger partial charge in [-0.25, -0.2) is 10.8 Å². The van der Waals surface area contributed by atoms with Crippen molar-refractivity contribution in [3.05, 3.63) is 90.3 Å². The summed E-state index contributed by atoms with van der Waals surface area (Å²) < 4.78 is 2.13. The topological polar surface area (TPSA) is 123 Å². The lowest BCUT2D eigenvalue weighted by Gasteiger charge is -2.19. The van der Waals surface area contributed by atoms with Crippen LogP contribution in [0.4, 0.5) is 5.82 Å². The lowest BCUT2D eigenvalue weighted by atomic mass is 9.99. The first-order valence-corrected chi connectivity index (χ1v) is 11.5. The average molecular weight is 464 g/mol. The Morgan fingerprint density at radius 2 is 1.86 bits per heavy atom. The molecule has 9 heteroatoms. The zero-order valence-corrected chi connectivity index (χ0v) is 19.1. The van der Waals surface area contributed by atoms with Gasteiger partial charge < -0.3 is 20.7 Å². The minimum Gasteiger partial charge on any atom is -0.322 e. The Morgan fingerprint density at radius 1 is 1.06 bits per heavy atom. The van der Waals surface area contributed by atoms with E-state index < -0.39 is 0 Å². The molecule has 3 heterocycles. The molecule has 6 rings (SSSR count). The number of hydrogen-bond donors (Lipinski definition) is 3. The predicted octanol–water partition coefficient (Wildman–Crippen LogP) is 3.42. The third-order valence-electron chi connectivity index (χ3n) is 6.59. The number of amidine groups is 1. The van der Waals surface area contributed by atoms with Crippen molar-refractivity contribution < 1.29 is 0 Å². The van der Waals surface area contributed by atoms with Crippen molar-refractivity contribution in [1.82, 2.24) is 25.2 Å². The van der Waals surface area contributed by atoms with E-state index in [4.69, 9.17) is 16.7 Å². The molecule has 0 atom stereocenters. The average Bonchev–Trinajstić information content (AvgIpc) is 3.53. The molecule has 174 valence electrons. The number of fused-ring (bicyclic) bond motifs is 1. The van der Waals surface area contributed by atoms with Gasteiger partial charge in [-0.1, -0.05) is 49.0 Å². The predicted molar refractivity (Wildman–Crippen MR) is 137 cm³/mol. The number of nitrogens with two attached hydrogens (primary N) is 2. The standard InChI is InChI=1S/C26H25N9/c1-16-22-13-19(17-5-7-18(8-6-17)25(31-27)32-28)9-10-20(22)14-34(16)24-4-2-3-23(30-24)26-33-29-15-35(26)21-11-12-21/h2-10,13,15,21H,1,11-12,14,27-28H2,(H,31,32). The van der Waals surface area contributed by atoms with Gasteiger partial charge in [0.15, 0.2) is 11.7 Å². The molecule has 35 heavy (non-hydrogen) atoms. The molecule has 0 unspecified atom stereocenters. The van der Waals surface area contributed by atoms with Crippen LogP contribution in [0.5, 0.6) is 0 Å². The number of aromatic nitrogens is 4. The second kappa shape index (κ2) is 8.37. The number of nitrogens with zero attached hydrogens (tertiary/aromatic N) is 6. The normalized spacial score (nSPS) is 15.4. The van der Waals surface area contributed by atoms with Crippen LogP contribution in [-0.2, 0) is 6.54 Å². The zero-order valence-electron chi connectivity index (χ0n) is 19.1. The molecule has 1 fully saturated rings. The molecular weight excluding hydrogens is 438 g/mol. The van der Waals surface area contributed by atoms with E-state index in [2.05, 4.69) is 55.0 Å². The van der Waals surface area contributed by atoms with Crippen molar-refractivity contribution in [1.29, 1.82) is 0 Å². The molecule has 0 spiro atoms. The molecule has 0 saturated heterocycles. The highest BCUT2D eigenvalue weighted by atomic mass is 15.3. The summed E-state index contributed by atoms with van der Waals surface area (Å²) in [5, 5.41) is 12.1. The molecule has 9 nitrogen and oxygen atoms in total. The third kappa shape index (κ3) is 3.71. The van der Waals surface area contributed by atoms with E-state index in [-0.39, 0.29) is 0 Å². The fourth-order valence-electron chi connectivity index (χ4n) is 4.55. The molecule has 1 aliphatic carbocycles. The molecule has 2 aliphatic rings. The summed E-state index contributed by atoms with van der Waals surface area (Å²) >= 11 is 0. The van der Waals surface area contributed by atoms with Crippen molar-refractivity contribution >= 4 is 17.4 Å². The fraction of sp³-hybridized carbons (Fsp3) is 0.154. The van der Waals surface area contributed by atoms with Crippen LogP contribution in [-0.4, -0.2) is 25.6 Å². The summed E-state index contributed by atoms with van der Waals surface area (Å²) in [4.78, 5) is 7.08. The van der Waals surface area contributed by atoms with Gasteiger partial charge in [0, 0.05) is 22.9 Å². The number of hydrazine groups is 1. The van der Waals surface area contributed by atoms with E-state index >= 15 is 0 Å². The van der Waals surface area contributed by atoms with Crippen molar-refractivity contribution in [3.8, 4) is 22.6 Å². The lowest BCUT2D eigenvalue weighted by Crippen LogP contribution is -2.31. The summed E-state index contributed by atoms with van der Waals surface area (Å²) in [5.41, 5.74) is 9.59. The first-order chi connectivity index (χ1) is 17.2. The first-order valence-electron chi connectivity index (χ1n) is 11.5. The number of hydrogen-bond acceptors (Lipinski definition) is 7. The van der Waals surface area contributed by atoms with Crippen molar-refractivity contribution in [2.75, 3.05) is 4.90 Å². The molecular formula is C26H25N9. The Kier molecular flexibility index (Phi) is 5.04. The highest BCUT2D eigenvalue weighted by molar-refractivity contribution is 5.98. The van der Waals surface area contributed by atoms with Gasteiger partial charge >= 0.3 is 0 Å². The summed E-state index contributed by atoms with van der Waals surface area (Å²) in [6.45, 7) is 5.12. The maximum absolute atomic E-state index is 5.47. The highest BCUT2D eigenvalue weighted by Crippen LogP contribution is 2.39. The van der Waals surface area contributed by atoms with Gasteiger partial charge in [-0.05, 0) is 47.7 Å². The molecule has 4 aromatic rings. The van der Waals surface area contributed by atoms with Crippen molar-refractivity contribution in [2.45, 2.75) is 25.4 Å². The van der Waals surface area contributed by atoms with Gasteiger partial charge in [0.05, 0.1) is 6.54 Å². The summed E-state index contributed by atoms with van der Waals surface area (Å²) in [6.07, 6.45) is 4.13. The molecule has 0 radical (unpaired) electrons. The Labute approximate surface area is 202 Å². The Balaban J connectivity index is 1.27. The molecule has 1 saturated carbocycles. The van der Waals surface area contributed by atoms with Gasteiger partial charge in [-0.15, -0.1) is 10.2 Å². The number of nitrogens with one attached hydrogen (secondary N) is 1. The molecule has 0 bridgehead atoms. The molecule has 2 aromatic heterocycles. The summed E-state index contributed by atoms with van der Waals surface area (Å²) in [7, 11) is 0. The Hall–Kier alpha value is -4.50. The van der Waals surface area contributed by atoms with E-state index in [1.54, 1.807) is 6.33 Å². The minimum absolute atomic E-state index is 0.430. The largest absolute Gasteiger partial charge is 0.322 e. The lowest BCUT2D eigenvalue weighted by molar-refractivity contribution is 0.743. The van der Waals surface area contributed by atoms with Gasteiger partial charge in [-0.3, -0.25) is 0 Å². The van der Waals surface area contributed by atoms with E-state index in [0.717, 1.165) is 51.8 Å². The number of hydrazone groups is 1. The number of benzene rings is 2. The monoisotopic (exact) mass is 463 g/mol. The second-order valence-corrected chi connectivity index (χ2v) is 8.78. The van der Waals surface area contributed by atoms with E-state index in [0.29, 0.717) is 11.9 Å². The fourth-order valence-corrected chi connectivity index (χ4v) is 4.55. The van der Waals surface area contributed by atoms with Crippen LogP contribution in [0, 0.1) is 0 Å². The smallest absolute Gasteiger partial charge is 0.182 e. The summed E-state index contributed by atoms with van der Waals surface area (Å²) in [5.74, 6) is 12.9. The van der Waals surface area contributed by atoms with Crippen LogP contribution in [0.3, 0.4) is 0 Å². The quantitative estimate of drug-likeness (QED) is 0.179. The zero-order chi connectivity index (χ0) is 23.9. The Bertz CT molecular complexity index is 1450. The summed E-state index contributed by atoms with van der Waals surface area (Å²) in [6, 6.07) is 20.9. The maximum Gasteiger partial charge on any atom is 0.182 e. The van der Waals surface area contributed by atoms with E-state index in [1.165, 1.54) is 18.4 Å². The van der Waals surface area contributed by atoms with Crippen LogP contribution in [0.2, 0.25) is 0 Å². The van der Waals surface area contributed by atoms with Crippen LogP contribution in [0.1, 0.15) is 35.6 Å². The number of rotatable bonds is 5. The molecule has 2 aromatic carbocycles. The minimum atomic E-state index is 0.430. The van der Waals surface area contributed by atoms with Gasteiger partial charge in [0.2, 0.25) is 0 Å². The SMILES string of the molecule is C=C1c2cc(-c3ccc(/C(=N/N)NN)cc3)ccc2CN1c1cccc(-c2nncn2C2CC2)n1. The van der Waals surface area contributed by atoms with Crippen LogP contribution >= 0.6 is 0 Å². The second-order valence-electron chi connectivity index (χ2n) is 8.78. The van der Waals surface area contributed by atoms with Gasteiger partial charge in [0.1, 0.15) is 17.8 Å². The van der Waals surface area contributed by atoms with E-state index in [9.17, 15) is 0 Å². The molecule has 0 amide bonds. The number of anilines is 1. The van der Waals surface area contributed by atoms with Crippen LogP contribution < -0.4 is 22.0 Å². The first kappa shape index (κ1) is 21.1. The van der Waals surface area contributed by atoms with Gasteiger partial charge in [0.25, 0.3) is 0 Å². The molecule has 5 N–H and O–H groups in total. The Morgan fingerprint density at radius 3 is 2.60 bits per heavy atom. The van der Waals surface area contributed by atoms with Crippen molar-refractivity contribution in [3.63, 3.8) is 0 Å². The van der Waals surface area contributed by atoms with E-state index in [1.807, 2.05) is 42.5 Å². The molecule has 1 aliphatic heterocycles. The number of pyridine rings is 1. The van der Waals surface area contributed by atoms with Crippen molar-refractivity contribution in [2.24, 2.45) is 16.8 Å². The maximum atomic E-state index is 5.47. The van der Waals surface area contributed by atoms with Gasteiger partial charge in [-0.2, -0.15) is 5.10 Å². The van der Waals surface area contributed by atoms with Crippen LogP contribution in [0.25, 0.3) is 28.3 Å². The highest BCUT2D eigenvalue weighted by Gasteiger charge is 2.28. The van der Waals surface area contributed by atoms with Crippen LogP contribution in [0.15, 0.2) is 78.7 Å². The third-order valence-corrected chi connectivity index (χ3v) is 6.59.